The Kier molecular flexibility index (Phi) is 4.89. The predicted molar refractivity (Wildman–Crippen MR) is 75.4 cm³/mol. The molecule has 0 aromatic carbocycles. The van der Waals surface area contributed by atoms with Gasteiger partial charge in [-0.3, -0.25) is 4.79 Å². The molecule has 1 amide bonds. The van der Waals surface area contributed by atoms with Crippen molar-refractivity contribution in [3.8, 4) is 0 Å². The molecule has 0 atom stereocenters. The van der Waals surface area contributed by atoms with Crippen molar-refractivity contribution in [2.75, 3.05) is 23.7 Å². The molecule has 0 aliphatic carbocycles. The number of halogens is 1. The van der Waals surface area contributed by atoms with Gasteiger partial charge in [0.1, 0.15) is 5.82 Å². The van der Waals surface area contributed by atoms with E-state index in [9.17, 15) is 4.79 Å². The van der Waals surface area contributed by atoms with Crippen LogP contribution in [0.1, 0.15) is 20.8 Å². The summed E-state index contributed by atoms with van der Waals surface area (Å²) in [4.78, 5) is 19.6. The Labute approximate surface area is 115 Å². The van der Waals surface area contributed by atoms with Crippen molar-refractivity contribution < 1.29 is 4.79 Å². The second kappa shape index (κ2) is 5.99. The van der Waals surface area contributed by atoms with Crippen LogP contribution in [0.5, 0.6) is 0 Å². The molecule has 0 fully saturated rings. The Morgan fingerprint density at radius 1 is 1.50 bits per heavy atom. The summed E-state index contributed by atoms with van der Waals surface area (Å²) in [5.74, 6) is 0.822. The summed E-state index contributed by atoms with van der Waals surface area (Å²) in [6.45, 7) is 6.68. The highest BCUT2D eigenvalue weighted by atomic mass is 79.9. The van der Waals surface area contributed by atoms with E-state index in [1.165, 1.54) is 0 Å². The monoisotopic (exact) mass is 315 g/mol. The van der Waals surface area contributed by atoms with Crippen LogP contribution < -0.4 is 16.4 Å². The number of nitrogens with zero attached hydrogens (tertiary/aromatic N) is 2. The molecule has 0 unspecified atom stereocenters. The first-order valence-corrected chi connectivity index (χ1v) is 6.46. The first-order chi connectivity index (χ1) is 8.36. The third kappa shape index (κ3) is 3.83. The number of carbonyl (C=O) groups excluding carboxylic acids is 1. The smallest absolute Gasteiger partial charge is 0.224 e. The molecule has 0 spiro atoms. The van der Waals surface area contributed by atoms with Gasteiger partial charge in [-0.15, -0.1) is 0 Å². The highest BCUT2D eigenvalue weighted by Gasteiger charge is 2.25. The zero-order valence-corrected chi connectivity index (χ0v) is 12.3. The molecule has 1 aromatic rings. The Balaban J connectivity index is 2.78. The summed E-state index contributed by atoms with van der Waals surface area (Å²) < 4.78 is 0.740. The molecule has 0 radical (unpaired) electrons. The molecule has 1 aromatic heterocycles. The van der Waals surface area contributed by atoms with Crippen LogP contribution in [0.4, 0.5) is 11.8 Å². The molecule has 1 heterocycles. The van der Waals surface area contributed by atoms with Gasteiger partial charge in [0, 0.05) is 19.3 Å². The molecule has 7 heteroatoms. The quantitative estimate of drug-likeness (QED) is 0.741. The van der Waals surface area contributed by atoms with E-state index < -0.39 is 5.41 Å². The summed E-state index contributed by atoms with van der Waals surface area (Å²) in [7, 11) is 0. The normalized spacial score (nSPS) is 11.1. The van der Waals surface area contributed by atoms with Crippen LogP contribution in [0.25, 0.3) is 0 Å². The Morgan fingerprint density at radius 3 is 2.72 bits per heavy atom. The fourth-order valence-electron chi connectivity index (χ4n) is 1.13. The lowest BCUT2D eigenvalue weighted by Gasteiger charge is -2.21. The fraction of sp³-hybridized carbons (Fsp3) is 0.545. The highest BCUT2D eigenvalue weighted by Crippen LogP contribution is 2.22. The van der Waals surface area contributed by atoms with Gasteiger partial charge in [-0.25, -0.2) is 4.98 Å². The standard InChI is InChI=1S/C11H18BrN5O/c1-4-14-10-15-5-7(12)8(17-10)16-6-11(2,3)9(13)18/h5H,4,6H2,1-3H3,(H2,13,18)(H2,14,15,16,17). The molecule has 0 aliphatic heterocycles. The van der Waals surface area contributed by atoms with E-state index in [1.54, 1.807) is 20.0 Å². The van der Waals surface area contributed by atoms with Gasteiger partial charge in [-0.2, -0.15) is 4.98 Å². The molecule has 6 nitrogen and oxygen atoms in total. The van der Waals surface area contributed by atoms with E-state index in [-0.39, 0.29) is 5.91 Å². The maximum atomic E-state index is 11.2. The van der Waals surface area contributed by atoms with Crippen molar-refractivity contribution in [3.05, 3.63) is 10.7 Å². The number of hydrogen-bond acceptors (Lipinski definition) is 5. The highest BCUT2D eigenvalue weighted by molar-refractivity contribution is 9.10. The molecule has 100 valence electrons. The lowest BCUT2D eigenvalue weighted by Crippen LogP contribution is -2.37. The average molecular weight is 316 g/mol. The van der Waals surface area contributed by atoms with Crippen molar-refractivity contribution in [1.82, 2.24) is 9.97 Å². The van der Waals surface area contributed by atoms with Crippen LogP contribution in [0.15, 0.2) is 10.7 Å². The van der Waals surface area contributed by atoms with Gasteiger partial charge in [0.25, 0.3) is 0 Å². The number of amides is 1. The molecule has 4 N–H and O–H groups in total. The molecule has 0 aliphatic rings. The van der Waals surface area contributed by atoms with E-state index in [4.69, 9.17) is 5.73 Å². The molecule has 1 rings (SSSR count). The minimum atomic E-state index is -0.636. The van der Waals surface area contributed by atoms with Crippen molar-refractivity contribution in [2.24, 2.45) is 11.1 Å². The summed E-state index contributed by atoms with van der Waals surface area (Å²) >= 11 is 3.35. The largest absolute Gasteiger partial charge is 0.369 e. The maximum Gasteiger partial charge on any atom is 0.224 e. The lowest BCUT2D eigenvalue weighted by molar-refractivity contribution is -0.125. The number of anilines is 2. The van der Waals surface area contributed by atoms with Gasteiger partial charge in [-0.1, -0.05) is 0 Å². The van der Waals surface area contributed by atoms with Crippen LogP contribution in [0, 0.1) is 5.41 Å². The Bertz CT molecular complexity index is 435. The lowest BCUT2D eigenvalue weighted by atomic mass is 9.93. The van der Waals surface area contributed by atoms with Crippen LogP contribution >= 0.6 is 15.9 Å². The van der Waals surface area contributed by atoms with Crippen molar-refractivity contribution in [2.45, 2.75) is 20.8 Å². The number of nitrogens with two attached hydrogens (primary N) is 1. The van der Waals surface area contributed by atoms with Crippen molar-refractivity contribution >= 4 is 33.6 Å². The van der Waals surface area contributed by atoms with E-state index in [2.05, 4.69) is 36.5 Å². The summed E-state index contributed by atoms with van der Waals surface area (Å²) in [5, 5.41) is 6.11. The first kappa shape index (κ1) is 14.7. The number of aromatic nitrogens is 2. The molecular weight excluding hydrogens is 298 g/mol. The van der Waals surface area contributed by atoms with Crippen LogP contribution in [0.3, 0.4) is 0 Å². The van der Waals surface area contributed by atoms with Gasteiger partial charge in [0.05, 0.1) is 9.89 Å². The SMILES string of the molecule is CCNc1ncc(Br)c(NCC(C)(C)C(N)=O)n1. The molecular formula is C11H18BrN5O. The van der Waals surface area contributed by atoms with Gasteiger partial charge in [0.2, 0.25) is 11.9 Å². The van der Waals surface area contributed by atoms with Gasteiger partial charge >= 0.3 is 0 Å². The van der Waals surface area contributed by atoms with E-state index in [0.717, 1.165) is 11.0 Å². The molecule has 0 saturated carbocycles. The van der Waals surface area contributed by atoms with Gasteiger partial charge in [-0.05, 0) is 36.7 Å². The number of nitrogens with one attached hydrogen (secondary N) is 2. The zero-order chi connectivity index (χ0) is 13.8. The van der Waals surface area contributed by atoms with Crippen LogP contribution in [0.2, 0.25) is 0 Å². The third-order valence-corrected chi connectivity index (χ3v) is 3.02. The fourth-order valence-corrected chi connectivity index (χ4v) is 1.46. The molecule has 0 bridgehead atoms. The van der Waals surface area contributed by atoms with E-state index >= 15 is 0 Å². The van der Waals surface area contributed by atoms with Gasteiger partial charge in [0.15, 0.2) is 0 Å². The van der Waals surface area contributed by atoms with Crippen LogP contribution in [-0.2, 0) is 4.79 Å². The Hall–Kier alpha value is -1.37. The second-order valence-electron chi connectivity index (χ2n) is 4.52. The molecule has 18 heavy (non-hydrogen) atoms. The minimum absolute atomic E-state index is 0.355. The zero-order valence-electron chi connectivity index (χ0n) is 10.7. The molecule has 0 saturated heterocycles. The number of hydrogen-bond donors (Lipinski definition) is 3. The number of carbonyl (C=O) groups is 1. The third-order valence-electron chi connectivity index (χ3n) is 2.44. The maximum absolute atomic E-state index is 11.2. The minimum Gasteiger partial charge on any atom is -0.369 e. The Morgan fingerprint density at radius 2 is 2.17 bits per heavy atom. The first-order valence-electron chi connectivity index (χ1n) is 5.67. The van der Waals surface area contributed by atoms with Crippen molar-refractivity contribution in [1.29, 1.82) is 0 Å². The second-order valence-corrected chi connectivity index (χ2v) is 5.38. The number of primary amides is 1. The van der Waals surface area contributed by atoms with Gasteiger partial charge < -0.3 is 16.4 Å². The van der Waals surface area contributed by atoms with E-state index in [0.29, 0.717) is 18.3 Å². The predicted octanol–water partition coefficient (Wildman–Crippen LogP) is 1.59. The van der Waals surface area contributed by atoms with E-state index in [1.807, 2.05) is 6.92 Å². The average Bonchev–Trinajstić information content (AvgIpc) is 2.30. The van der Waals surface area contributed by atoms with Crippen LogP contribution in [-0.4, -0.2) is 29.0 Å². The van der Waals surface area contributed by atoms with Crippen molar-refractivity contribution in [3.63, 3.8) is 0 Å². The number of rotatable bonds is 6. The summed E-state index contributed by atoms with van der Waals surface area (Å²) in [6, 6.07) is 0. The topological polar surface area (TPSA) is 92.9 Å². The summed E-state index contributed by atoms with van der Waals surface area (Å²) in [6.07, 6.45) is 1.66. The summed E-state index contributed by atoms with van der Waals surface area (Å²) in [5.41, 5.74) is 4.68.